The Labute approximate surface area is 120 Å². The number of carbonyl (C=O) groups excluding carboxylic acids is 2. The molecule has 1 unspecified atom stereocenters. The number of ether oxygens (including phenoxy) is 1. The zero-order valence-electron chi connectivity index (χ0n) is 13.1. The molecule has 0 bridgehead atoms. The molecule has 1 N–H and O–H groups in total. The summed E-state index contributed by atoms with van der Waals surface area (Å²) in [5.74, 6) is -0.293. The number of hydrogen-bond donors (Lipinski definition) is 1. The van der Waals surface area contributed by atoms with Gasteiger partial charge in [0.15, 0.2) is 0 Å². The van der Waals surface area contributed by atoms with Crippen molar-refractivity contribution in [3.05, 3.63) is 0 Å². The number of piperazine rings is 1. The van der Waals surface area contributed by atoms with Gasteiger partial charge in [0, 0.05) is 26.7 Å². The first kappa shape index (κ1) is 16.7. The Morgan fingerprint density at radius 3 is 2.45 bits per heavy atom. The van der Waals surface area contributed by atoms with Crippen LogP contribution < -0.4 is 5.32 Å². The van der Waals surface area contributed by atoms with E-state index in [-0.39, 0.29) is 5.91 Å². The van der Waals surface area contributed by atoms with Crippen LogP contribution in [0.3, 0.4) is 0 Å². The van der Waals surface area contributed by atoms with Crippen molar-refractivity contribution in [2.75, 3.05) is 33.8 Å². The van der Waals surface area contributed by atoms with E-state index in [1.54, 1.807) is 27.7 Å². The Kier molecular flexibility index (Phi) is 4.99. The van der Waals surface area contributed by atoms with E-state index in [9.17, 15) is 9.59 Å². The fourth-order valence-electron chi connectivity index (χ4n) is 2.09. The van der Waals surface area contributed by atoms with Crippen molar-refractivity contribution in [2.24, 2.45) is 0 Å². The molecule has 1 aliphatic rings. The van der Waals surface area contributed by atoms with E-state index < -0.39 is 17.2 Å². The van der Waals surface area contributed by atoms with E-state index in [0.29, 0.717) is 19.6 Å². The number of nitrogens with zero attached hydrogens (tertiary/aromatic N) is 2. The highest BCUT2D eigenvalue weighted by Crippen LogP contribution is 2.23. The molecule has 1 heterocycles. The summed E-state index contributed by atoms with van der Waals surface area (Å²) in [6, 6.07) is 0. The van der Waals surface area contributed by atoms with Crippen molar-refractivity contribution in [2.45, 2.75) is 38.8 Å². The summed E-state index contributed by atoms with van der Waals surface area (Å²) in [7, 11) is 2.94. The summed E-state index contributed by atoms with van der Waals surface area (Å²) in [5.41, 5.74) is -1.62. The van der Waals surface area contributed by atoms with Crippen molar-refractivity contribution in [3.8, 4) is 0 Å². The van der Waals surface area contributed by atoms with Crippen LogP contribution in [0.5, 0.6) is 0 Å². The second-order valence-corrected chi connectivity index (χ2v) is 6.07. The van der Waals surface area contributed by atoms with Gasteiger partial charge >= 0.3 is 6.09 Å². The maximum atomic E-state index is 12.4. The maximum Gasteiger partial charge on any atom is 0.411 e. The highest BCUT2D eigenvalue weighted by Gasteiger charge is 2.47. The molecular weight excluding hydrogens is 262 g/mol. The van der Waals surface area contributed by atoms with Crippen LogP contribution >= 0.6 is 0 Å². The number of likely N-dealkylation sites (N-methyl/N-ethyl adjacent to an activating group) is 1. The molecule has 1 aliphatic heterocycles. The van der Waals surface area contributed by atoms with Gasteiger partial charge in [0.25, 0.3) is 5.91 Å². The molecule has 1 fully saturated rings. The van der Waals surface area contributed by atoms with Gasteiger partial charge in [-0.05, 0) is 27.7 Å². The van der Waals surface area contributed by atoms with Crippen molar-refractivity contribution in [1.82, 2.24) is 15.3 Å². The lowest BCUT2D eigenvalue weighted by Gasteiger charge is -2.44. The van der Waals surface area contributed by atoms with Crippen LogP contribution in [0.15, 0.2) is 0 Å². The Morgan fingerprint density at radius 2 is 1.95 bits per heavy atom. The van der Waals surface area contributed by atoms with E-state index in [4.69, 9.17) is 9.57 Å². The van der Waals surface area contributed by atoms with E-state index in [0.717, 1.165) is 5.06 Å². The third kappa shape index (κ3) is 3.61. The average Bonchev–Trinajstić information content (AvgIpc) is 2.35. The molecule has 0 aromatic rings. The highest BCUT2D eigenvalue weighted by atomic mass is 16.7. The van der Waals surface area contributed by atoms with E-state index >= 15 is 0 Å². The number of hydrogen-bond acceptors (Lipinski definition) is 5. The Bertz CT molecular complexity index is 380. The molecule has 0 aliphatic carbocycles. The van der Waals surface area contributed by atoms with Gasteiger partial charge in [-0.1, -0.05) is 0 Å². The number of carbonyl (C=O) groups is 2. The van der Waals surface area contributed by atoms with Crippen molar-refractivity contribution in [3.63, 3.8) is 0 Å². The molecule has 2 amide bonds. The minimum atomic E-state index is -1.02. The smallest absolute Gasteiger partial charge is 0.411 e. The summed E-state index contributed by atoms with van der Waals surface area (Å²) in [5, 5.41) is 4.26. The largest absolute Gasteiger partial charge is 0.444 e. The minimum absolute atomic E-state index is 0.293. The van der Waals surface area contributed by atoms with Gasteiger partial charge in [-0.3, -0.25) is 14.5 Å². The molecule has 0 spiro atoms. The standard InChI is InChI=1S/C13H25N3O4/c1-12(2,3)20-11(18)16-8-7-14-9-13(16,4)10(17)15(5)19-6/h14H,7-9H2,1-6H3. The van der Waals surface area contributed by atoms with Crippen molar-refractivity contribution >= 4 is 12.0 Å². The monoisotopic (exact) mass is 287 g/mol. The molecule has 116 valence electrons. The molecule has 7 heteroatoms. The van der Waals surface area contributed by atoms with Crippen LogP contribution in [-0.4, -0.2) is 66.9 Å². The normalized spacial score (nSPS) is 23.4. The molecule has 0 aromatic heterocycles. The lowest BCUT2D eigenvalue weighted by atomic mass is 9.96. The zero-order chi connectivity index (χ0) is 15.6. The quantitative estimate of drug-likeness (QED) is 0.753. The summed E-state index contributed by atoms with van der Waals surface area (Å²) in [6.07, 6.45) is -0.487. The molecule has 1 saturated heterocycles. The van der Waals surface area contributed by atoms with E-state index in [2.05, 4.69) is 5.32 Å². The van der Waals surface area contributed by atoms with Gasteiger partial charge in [-0.25, -0.2) is 9.86 Å². The van der Waals surface area contributed by atoms with Crippen molar-refractivity contribution in [1.29, 1.82) is 0 Å². The van der Waals surface area contributed by atoms with Crippen LogP contribution in [0, 0.1) is 0 Å². The van der Waals surface area contributed by atoms with Crippen LogP contribution in [0.25, 0.3) is 0 Å². The predicted molar refractivity (Wildman–Crippen MR) is 74.0 cm³/mol. The first-order valence-corrected chi connectivity index (χ1v) is 6.65. The van der Waals surface area contributed by atoms with Gasteiger partial charge in [0.2, 0.25) is 0 Å². The van der Waals surface area contributed by atoms with Crippen molar-refractivity contribution < 1.29 is 19.2 Å². The minimum Gasteiger partial charge on any atom is -0.444 e. The highest BCUT2D eigenvalue weighted by molar-refractivity contribution is 5.89. The topological polar surface area (TPSA) is 71.1 Å². The summed E-state index contributed by atoms with van der Waals surface area (Å²) in [6.45, 7) is 8.50. The second-order valence-electron chi connectivity index (χ2n) is 6.07. The molecule has 1 rings (SSSR count). The summed E-state index contributed by atoms with van der Waals surface area (Å²) >= 11 is 0. The summed E-state index contributed by atoms with van der Waals surface area (Å²) in [4.78, 5) is 31.2. The molecule has 0 radical (unpaired) electrons. The molecular formula is C13H25N3O4. The molecule has 7 nitrogen and oxygen atoms in total. The average molecular weight is 287 g/mol. The molecule has 0 saturated carbocycles. The molecule has 1 atom stereocenters. The first-order chi connectivity index (χ1) is 9.12. The van der Waals surface area contributed by atoms with Gasteiger partial charge < -0.3 is 10.1 Å². The Morgan fingerprint density at radius 1 is 1.35 bits per heavy atom. The predicted octanol–water partition coefficient (Wildman–Crippen LogP) is 0.605. The fraction of sp³-hybridized carbons (Fsp3) is 0.846. The third-order valence-electron chi connectivity index (χ3n) is 3.21. The summed E-state index contributed by atoms with van der Waals surface area (Å²) < 4.78 is 5.38. The SMILES string of the molecule is CON(C)C(=O)C1(C)CNCCN1C(=O)OC(C)(C)C. The molecule has 0 aromatic carbocycles. The molecule has 20 heavy (non-hydrogen) atoms. The lowest BCUT2D eigenvalue weighted by Crippen LogP contribution is -2.68. The van der Waals surface area contributed by atoms with Gasteiger partial charge in [-0.2, -0.15) is 0 Å². The van der Waals surface area contributed by atoms with Crippen LogP contribution in [-0.2, 0) is 14.4 Å². The number of amides is 2. The number of rotatable bonds is 2. The maximum absolute atomic E-state index is 12.4. The number of hydroxylamine groups is 2. The lowest BCUT2D eigenvalue weighted by molar-refractivity contribution is -0.181. The Balaban J connectivity index is 2.96. The second kappa shape index (κ2) is 5.97. The van der Waals surface area contributed by atoms with Crippen LogP contribution in [0.4, 0.5) is 4.79 Å². The van der Waals surface area contributed by atoms with Crippen LogP contribution in [0.1, 0.15) is 27.7 Å². The van der Waals surface area contributed by atoms with E-state index in [1.165, 1.54) is 19.1 Å². The first-order valence-electron chi connectivity index (χ1n) is 6.65. The van der Waals surface area contributed by atoms with Crippen LogP contribution in [0.2, 0.25) is 0 Å². The Hall–Kier alpha value is -1.34. The number of nitrogens with one attached hydrogen (secondary N) is 1. The third-order valence-corrected chi connectivity index (χ3v) is 3.21. The fourth-order valence-corrected chi connectivity index (χ4v) is 2.09. The van der Waals surface area contributed by atoms with E-state index in [1.807, 2.05) is 0 Å². The van der Waals surface area contributed by atoms with Gasteiger partial charge in [-0.15, -0.1) is 0 Å². The zero-order valence-corrected chi connectivity index (χ0v) is 13.1. The van der Waals surface area contributed by atoms with Gasteiger partial charge in [0.05, 0.1) is 7.11 Å². The van der Waals surface area contributed by atoms with Gasteiger partial charge in [0.1, 0.15) is 11.1 Å².